The second kappa shape index (κ2) is 6.95. The molecule has 0 spiro atoms. The fourth-order valence-corrected chi connectivity index (χ4v) is 2.95. The van der Waals surface area contributed by atoms with E-state index in [-0.39, 0.29) is 0 Å². The van der Waals surface area contributed by atoms with Crippen LogP contribution in [0.3, 0.4) is 0 Å². The van der Waals surface area contributed by atoms with E-state index in [1.807, 2.05) is 0 Å². The zero-order valence-corrected chi connectivity index (χ0v) is 12.5. The molecule has 1 aromatic rings. The van der Waals surface area contributed by atoms with E-state index < -0.39 is 0 Å². The molecule has 2 rings (SSSR count). The molecular weight excluding hydrogens is 234 g/mol. The largest absolute Gasteiger partial charge is 0.492 e. The van der Waals surface area contributed by atoms with Crippen LogP contribution in [0.15, 0.2) is 18.2 Å². The molecule has 2 heteroatoms. The van der Waals surface area contributed by atoms with Gasteiger partial charge in [0, 0.05) is 12.6 Å². The van der Waals surface area contributed by atoms with Crippen molar-refractivity contribution in [1.82, 2.24) is 5.32 Å². The molecule has 0 amide bonds. The Balaban J connectivity index is 1.74. The van der Waals surface area contributed by atoms with E-state index in [0.717, 1.165) is 24.9 Å². The lowest BCUT2D eigenvalue weighted by Gasteiger charge is -2.14. The van der Waals surface area contributed by atoms with Gasteiger partial charge >= 0.3 is 0 Å². The summed E-state index contributed by atoms with van der Waals surface area (Å²) in [6, 6.07) is 7.18. The highest BCUT2D eigenvalue weighted by molar-refractivity contribution is 5.36. The number of rotatable bonds is 6. The predicted octanol–water partition coefficient (Wildman–Crippen LogP) is 4.03. The standard InChI is InChI=1S/C17H27NO/c1-13(2)17-9-8-16(12-14(17)3)19-11-10-18-15-6-4-5-7-15/h8-9,12-13,15,18H,4-7,10-11H2,1-3H3. The van der Waals surface area contributed by atoms with Crippen LogP contribution in [0.2, 0.25) is 0 Å². The maximum Gasteiger partial charge on any atom is 0.119 e. The van der Waals surface area contributed by atoms with Crippen LogP contribution >= 0.6 is 0 Å². The van der Waals surface area contributed by atoms with E-state index >= 15 is 0 Å². The molecule has 1 aliphatic carbocycles. The first-order chi connectivity index (χ1) is 9.16. The second-order valence-corrected chi connectivity index (χ2v) is 5.96. The monoisotopic (exact) mass is 261 g/mol. The summed E-state index contributed by atoms with van der Waals surface area (Å²) in [6.45, 7) is 8.34. The molecular formula is C17H27NO. The number of aryl methyl sites for hydroxylation is 1. The number of hydrogen-bond donors (Lipinski definition) is 1. The Morgan fingerprint density at radius 3 is 2.63 bits per heavy atom. The van der Waals surface area contributed by atoms with Crippen molar-refractivity contribution < 1.29 is 4.74 Å². The number of nitrogens with one attached hydrogen (secondary N) is 1. The molecule has 0 unspecified atom stereocenters. The summed E-state index contributed by atoms with van der Waals surface area (Å²) in [5.41, 5.74) is 2.74. The van der Waals surface area contributed by atoms with Crippen LogP contribution in [0.25, 0.3) is 0 Å². The number of ether oxygens (including phenoxy) is 1. The van der Waals surface area contributed by atoms with Crippen molar-refractivity contribution >= 4 is 0 Å². The Bertz CT molecular complexity index is 394. The maximum absolute atomic E-state index is 5.82. The third kappa shape index (κ3) is 4.24. The molecule has 0 aliphatic heterocycles. The van der Waals surface area contributed by atoms with Crippen LogP contribution < -0.4 is 10.1 Å². The van der Waals surface area contributed by atoms with Crippen LogP contribution in [-0.4, -0.2) is 19.2 Å². The summed E-state index contributed by atoms with van der Waals surface area (Å²) in [5.74, 6) is 1.58. The van der Waals surface area contributed by atoms with Crippen molar-refractivity contribution in [2.24, 2.45) is 0 Å². The van der Waals surface area contributed by atoms with Crippen LogP contribution in [0.4, 0.5) is 0 Å². The SMILES string of the molecule is Cc1cc(OCCNC2CCCC2)ccc1C(C)C. The van der Waals surface area contributed by atoms with Gasteiger partial charge in [0.05, 0.1) is 0 Å². The molecule has 19 heavy (non-hydrogen) atoms. The van der Waals surface area contributed by atoms with Gasteiger partial charge in [0.25, 0.3) is 0 Å². The molecule has 106 valence electrons. The van der Waals surface area contributed by atoms with Gasteiger partial charge in [-0.3, -0.25) is 0 Å². The highest BCUT2D eigenvalue weighted by atomic mass is 16.5. The lowest BCUT2D eigenvalue weighted by molar-refractivity contribution is 0.305. The highest BCUT2D eigenvalue weighted by Gasteiger charge is 2.13. The van der Waals surface area contributed by atoms with Gasteiger partial charge in [-0.1, -0.05) is 32.8 Å². The van der Waals surface area contributed by atoms with Gasteiger partial charge in [0.1, 0.15) is 12.4 Å². The van der Waals surface area contributed by atoms with E-state index in [9.17, 15) is 0 Å². The molecule has 0 heterocycles. The first-order valence-corrected chi connectivity index (χ1v) is 7.63. The van der Waals surface area contributed by atoms with Crippen molar-refractivity contribution in [3.63, 3.8) is 0 Å². The molecule has 1 saturated carbocycles. The Morgan fingerprint density at radius 2 is 2.00 bits per heavy atom. The van der Waals surface area contributed by atoms with Crippen LogP contribution in [0.1, 0.15) is 56.6 Å². The predicted molar refractivity (Wildman–Crippen MR) is 81.0 cm³/mol. The van der Waals surface area contributed by atoms with E-state index in [1.54, 1.807) is 0 Å². The average Bonchev–Trinajstić information content (AvgIpc) is 2.87. The van der Waals surface area contributed by atoms with Gasteiger partial charge in [0.2, 0.25) is 0 Å². The smallest absolute Gasteiger partial charge is 0.119 e. The minimum absolute atomic E-state index is 0.582. The Labute approximate surface area is 117 Å². The summed E-state index contributed by atoms with van der Waals surface area (Å²) < 4.78 is 5.82. The van der Waals surface area contributed by atoms with Gasteiger partial charge in [0.15, 0.2) is 0 Å². The molecule has 2 nitrogen and oxygen atoms in total. The summed E-state index contributed by atoms with van der Waals surface area (Å²) >= 11 is 0. The fraction of sp³-hybridized carbons (Fsp3) is 0.647. The molecule has 1 aromatic carbocycles. The van der Waals surface area contributed by atoms with Crippen molar-refractivity contribution in [3.8, 4) is 5.75 Å². The van der Waals surface area contributed by atoms with Gasteiger partial charge in [-0.25, -0.2) is 0 Å². The van der Waals surface area contributed by atoms with Crippen LogP contribution in [0, 0.1) is 6.92 Å². The van der Waals surface area contributed by atoms with Crippen molar-refractivity contribution in [1.29, 1.82) is 0 Å². The molecule has 0 bridgehead atoms. The Hall–Kier alpha value is -1.02. The van der Waals surface area contributed by atoms with Gasteiger partial charge in [-0.05, 0) is 48.9 Å². The molecule has 0 aromatic heterocycles. The first kappa shape index (κ1) is 14.4. The number of hydrogen-bond acceptors (Lipinski definition) is 2. The van der Waals surface area contributed by atoms with Crippen molar-refractivity contribution in [2.45, 2.75) is 58.4 Å². The second-order valence-electron chi connectivity index (χ2n) is 5.96. The Kier molecular flexibility index (Phi) is 5.26. The fourth-order valence-electron chi connectivity index (χ4n) is 2.95. The third-order valence-corrected chi connectivity index (χ3v) is 4.02. The van der Waals surface area contributed by atoms with E-state index in [2.05, 4.69) is 44.3 Å². The summed E-state index contributed by atoms with van der Waals surface area (Å²) in [6.07, 6.45) is 5.44. The van der Waals surface area contributed by atoms with E-state index in [0.29, 0.717) is 5.92 Å². The lowest BCUT2D eigenvalue weighted by atomic mass is 9.98. The van der Waals surface area contributed by atoms with Gasteiger partial charge in [-0.15, -0.1) is 0 Å². The van der Waals surface area contributed by atoms with Crippen LogP contribution in [-0.2, 0) is 0 Å². The molecule has 1 N–H and O–H groups in total. The quantitative estimate of drug-likeness (QED) is 0.781. The maximum atomic E-state index is 5.82. The summed E-state index contributed by atoms with van der Waals surface area (Å²) in [5, 5.41) is 3.57. The molecule has 1 aliphatic rings. The first-order valence-electron chi connectivity index (χ1n) is 7.63. The zero-order chi connectivity index (χ0) is 13.7. The van der Waals surface area contributed by atoms with Crippen molar-refractivity contribution in [2.75, 3.05) is 13.2 Å². The molecule has 1 fully saturated rings. The van der Waals surface area contributed by atoms with Gasteiger partial charge in [-0.2, -0.15) is 0 Å². The van der Waals surface area contributed by atoms with E-state index in [1.165, 1.54) is 36.8 Å². The molecule has 0 radical (unpaired) electrons. The highest BCUT2D eigenvalue weighted by Crippen LogP contribution is 2.23. The van der Waals surface area contributed by atoms with Crippen molar-refractivity contribution in [3.05, 3.63) is 29.3 Å². The van der Waals surface area contributed by atoms with E-state index in [4.69, 9.17) is 4.74 Å². The summed E-state index contributed by atoms with van der Waals surface area (Å²) in [7, 11) is 0. The Morgan fingerprint density at radius 1 is 1.26 bits per heavy atom. The third-order valence-electron chi connectivity index (χ3n) is 4.02. The summed E-state index contributed by atoms with van der Waals surface area (Å²) in [4.78, 5) is 0. The van der Waals surface area contributed by atoms with Crippen LogP contribution in [0.5, 0.6) is 5.75 Å². The normalized spacial score (nSPS) is 16.2. The van der Waals surface area contributed by atoms with Gasteiger partial charge < -0.3 is 10.1 Å². The molecule has 0 atom stereocenters. The minimum Gasteiger partial charge on any atom is -0.492 e. The lowest BCUT2D eigenvalue weighted by Crippen LogP contribution is -2.30. The minimum atomic E-state index is 0.582. The molecule has 0 saturated heterocycles. The zero-order valence-electron chi connectivity index (χ0n) is 12.5. The average molecular weight is 261 g/mol. The topological polar surface area (TPSA) is 21.3 Å². The number of benzene rings is 1.